The number of benzene rings is 2. The molecule has 176 valence electrons. The van der Waals surface area contributed by atoms with E-state index in [2.05, 4.69) is 0 Å². The number of aromatic nitrogens is 1. The van der Waals surface area contributed by atoms with E-state index in [1.807, 2.05) is 5.32 Å². The number of fused-ring (bicyclic) bond motifs is 1. The van der Waals surface area contributed by atoms with Gasteiger partial charge in [-0.1, -0.05) is 34.8 Å². The van der Waals surface area contributed by atoms with Crippen molar-refractivity contribution in [2.24, 2.45) is 0 Å². The number of carbonyl (C=O) groups excluding carboxylic acids is 1. The minimum Gasteiger partial charge on any atom is -0.449 e. The Balaban J connectivity index is 2.05. The van der Waals surface area contributed by atoms with Crippen molar-refractivity contribution in [3.05, 3.63) is 62.2 Å². The van der Waals surface area contributed by atoms with Gasteiger partial charge in [0.2, 0.25) is 0 Å². The van der Waals surface area contributed by atoms with Crippen molar-refractivity contribution in [2.75, 3.05) is 0 Å². The Labute approximate surface area is 200 Å². The molecule has 2 aromatic carbocycles. The first-order valence-electron chi connectivity index (χ1n) is 9.40. The largest absolute Gasteiger partial charge is 0.511 e. The zero-order valence-electron chi connectivity index (χ0n) is 17.1. The highest BCUT2D eigenvalue weighted by Gasteiger charge is 2.43. The van der Waals surface area contributed by atoms with Gasteiger partial charge in [-0.05, 0) is 55.3 Å². The van der Waals surface area contributed by atoms with Crippen LogP contribution in [0, 0.1) is 6.92 Å². The molecule has 12 heteroatoms. The molecule has 0 aliphatic heterocycles. The Morgan fingerprint density at radius 1 is 1.12 bits per heavy atom. The van der Waals surface area contributed by atoms with Crippen LogP contribution in [-0.4, -0.2) is 27.9 Å². The first-order chi connectivity index (χ1) is 15.3. The summed E-state index contributed by atoms with van der Waals surface area (Å²) < 4.78 is 47.8. The van der Waals surface area contributed by atoms with Crippen molar-refractivity contribution >= 4 is 57.8 Å². The molecule has 0 radical (unpaired) electrons. The third-order valence-electron chi connectivity index (χ3n) is 4.89. The zero-order valence-corrected chi connectivity index (χ0v) is 19.3. The minimum absolute atomic E-state index is 0.0498. The molecule has 0 spiro atoms. The molecule has 1 aromatic heterocycles. The topological polar surface area (TPSA) is 80.6 Å². The van der Waals surface area contributed by atoms with Crippen LogP contribution in [0.25, 0.3) is 10.9 Å². The fourth-order valence-electron chi connectivity index (χ4n) is 3.43. The maximum Gasteiger partial charge on any atom is 0.511 e. The maximum atomic E-state index is 13.8. The zero-order chi connectivity index (χ0) is 24.7. The first kappa shape index (κ1) is 25.0. The number of aryl methyl sites for hydroxylation is 2. The van der Waals surface area contributed by atoms with Gasteiger partial charge in [-0.3, -0.25) is 4.79 Å². The van der Waals surface area contributed by atoms with E-state index in [-0.39, 0.29) is 38.6 Å². The monoisotopic (exact) mass is 522 g/mol. The molecule has 0 saturated carbocycles. The second-order valence-electron chi connectivity index (χ2n) is 7.06. The van der Waals surface area contributed by atoms with E-state index in [0.29, 0.717) is 16.5 Å². The summed E-state index contributed by atoms with van der Waals surface area (Å²) in [7, 11) is 0. The van der Waals surface area contributed by atoms with Gasteiger partial charge in [0, 0.05) is 17.4 Å². The summed E-state index contributed by atoms with van der Waals surface area (Å²) in [5.74, 6) is -0.954. The van der Waals surface area contributed by atoms with E-state index in [0.717, 1.165) is 12.1 Å². The number of rotatable bonds is 5. The van der Waals surface area contributed by atoms with Crippen LogP contribution in [0.1, 0.15) is 34.6 Å². The van der Waals surface area contributed by atoms with Crippen LogP contribution in [0.15, 0.2) is 30.3 Å². The number of nitrogens with one attached hydrogen (secondary N) is 1. The van der Waals surface area contributed by atoms with Crippen molar-refractivity contribution in [3.63, 3.8) is 0 Å². The first-order valence-corrected chi connectivity index (χ1v) is 10.5. The molecule has 0 aliphatic carbocycles. The number of halogens is 6. The number of amides is 1. The quantitative estimate of drug-likeness (QED) is 0.214. The van der Waals surface area contributed by atoms with Crippen LogP contribution < -0.4 is 10.1 Å². The molecule has 1 amide bonds. The highest BCUT2D eigenvalue weighted by Crippen LogP contribution is 2.39. The normalized spacial score (nSPS) is 12.6. The van der Waals surface area contributed by atoms with Gasteiger partial charge in [0.25, 0.3) is 5.91 Å². The predicted octanol–water partition coefficient (Wildman–Crippen LogP) is 7.02. The highest BCUT2D eigenvalue weighted by molar-refractivity contribution is 6.48. The van der Waals surface area contributed by atoms with Gasteiger partial charge in [0.1, 0.15) is 11.4 Å². The van der Waals surface area contributed by atoms with Crippen LogP contribution in [0.4, 0.5) is 18.0 Å². The van der Waals surface area contributed by atoms with Gasteiger partial charge in [0.05, 0.1) is 15.1 Å². The summed E-state index contributed by atoms with van der Waals surface area (Å²) >= 11 is 17.6. The predicted molar refractivity (Wildman–Crippen MR) is 119 cm³/mol. The number of hydrogen-bond acceptors (Lipinski definition) is 3. The van der Waals surface area contributed by atoms with E-state index in [1.54, 1.807) is 19.9 Å². The van der Waals surface area contributed by atoms with E-state index in [1.165, 1.54) is 16.7 Å². The van der Waals surface area contributed by atoms with Gasteiger partial charge < -0.3 is 19.7 Å². The Kier molecular flexibility index (Phi) is 7.07. The Morgan fingerprint density at radius 3 is 2.24 bits per heavy atom. The van der Waals surface area contributed by atoms with Crippen molar-refractivity contribution < 1.29 is 32.6 Å². The molecule has 1 atom stereocenters. The lowest BCUT2D eigenvalue weighted by Gasteiger charge is -2.23. The van der Waals surface area contributed by atoms with Crippen molar-refractivity contribution in [1.29, 1.82) is 0 Å². The summed E-state index contributed by atoms with van der Waals surface area (Å²) in [5.41, 5.74) is 0.560. The van der Waals surface area contributed by atoms with Crippen LogP contribution in [0.5, 0.6) is 5.75 Å². The molecule has 1 heterocycles. The SMILES string of the molecule is CCn1c(C(=O)NC(c2cc(Cl)c(Cl)c(Cl)c2)C(F)(F)F)cc2cc(OC(=O)O)c(C)cc21. The number of nitrogens with zero attached hydrogens (tertiary/aromatic N) is 1. The van der Waals surface area contributed by atoms with Gasteiger partial charge >= 0.3 is 12.3 Å². The molecule has 3 rings (SSSR count). The summed E-state index contributed by atoms with van der Waals surface area (Å²) in [6.07, 6.45) is -6.38. The summed E-state index contributed by atoms with van der Waals surface area (Å²) in [6.45, 7) is 3.59. The average Bonchev–Trinajstić information content (AvgIpc) is 3.06. The Bertz CT molecular complexity index is 1230. The van der Waals surface area contributed by atoms with E-state index >= 15 is 0 Å². The Hall–Kier alpha value is -2.62. The van der Waals surface area contributed by atoms with Crippen LogP contribution in [-0.2, 0) is 6.54 Å². The fraction of sp³-hybridized carbons (Fsp3) is 0.238. The molecule has 6 nitrogen and oxygen atoms in total. The molecule has 2 N–H and O–H groups in total. The number of ether oxygens (including phenoxy) is 1. The molecule has 0 fully saturated rings. The smallest absolute Gasteiger partial charge is 0.449 e. The summed E-state index contributed by atoms with van der Waals surface area (Å²) in [6, 6.07) is 3.92. The summed E-state index contributed by atoms with van der Waals surface area (Å²) in [4.78, 5) is 23.8. The molecule has 3 aromatic rings. The minimum atomic E-state index is -4.86. The summed E-state index contributed by atoms with van der Waals surface area (Å²) in [5, 5.41) is 10.8. The van der Waals surface area contributed by atoms with E-state index < -0.39 is 24.3 Å². The Morgan fingerprint density at radius 2 is 1.73 bits per heavy atom. The third kappa shape index (κ3) is 5.15. The lowest BCUT2D eigenvalue weighted by molar-refractivity contribution is -0.155. The van der Waals surface area contributed by atoms with Crippen molar-refractivity contribution in [1.82, 2.24) is 9.88 Å². The molecular weight excluding hydrogens is 508 g/mol. The van der Waals surface area contributed by atoms with Crippen LogP contribution >= 0.6 is 34.8 Å². The molecule has 1 unspecified atom stereocenters. The lowest BCUT2D eigenvalue weighted by Crippen LogP contribution is -2.38. The lowest BCUT2D eigenvalue weighted by atomic mass is 10.1. The molecule has 0 saturated heterocycles. The number of carbonyl (C=O) groups is 2. The van der Waals surface area contributed by atoms with Gasteiger partial charge in [0.15, 0.2) is 6.04 Å². The molecule has 0 bridgehead atoms. The van der Waals surface area contributed by atoms with Crippen LogP contribution in [0.2, 0.25) is 15.1 Å². The number of alkyl halides is 3. The molecular formula is C21H16Cl3F3N2O4. The second kappa shape index (κ2) is 9.32. The van der Waals surface area contributed by atoms with E-state index in [9.17, 15) is 22.8 Å². The number of carboxylic acid groups (broad SMARTS) is 1. The van der Waals surface area contributed by atoms with Gasteiger partial charge in [-0.15, -0.1) is 0 Å². The van der Waals surface area contributed by atoms with Crippen molar-refractivity contribution in [3.8, 4) is 5.75 Å². The molecule has 33 heavy (non-hydrogen) atoms. The maximum absolute atomic E-state index is 13.8. The van der Waals surface area contributed by atoms with Gasteiger partial charge in [-0.2, -0.15) is 13.2 Å². The van der Waals surface area contributed by atoms with Crippen LogP contribution in [0.3, 0.4) is 0 Å². The molecule has 0 aliphatic rings. The number of hydrogen-bond donors (Lipinski definition) is 2. The standard InChI is InChI=1S/C21H16Cl3F3N2O4/c1-3-29-14-4-9(2)16(33-20(31)32)8-10(14)7-15(29)19(30)28-18(21(25,26)27)11-5-12(22)17(24)13(23)6-11/h4-8,18H,3H2,1-2H3,(H,28,30)(H,31,32). The fourth-order valence-corrected chi connectivity index (χ4v) is 4.04. The third-order valence-corrected chi connectivity index (χ3v) is 6.08. The van der Waals surface area contributed by atoms with Crippen molar-refractivity contribution in [2.45, 2.75) is 32.6 Å². The average molecular weight is 524 g/mol. The van der Waals surface area contributed by atoms with E-state index in [4.69, 9.17) is 44.6 Å². The van der Waals surface area contributed by atoms with Gasteiger partial charge in [-0.25, -0.2) is 4.79 Å². The second-order valence-corrected chi connectivity index (χ2v) is 8.26. The highest BCUT2D eigenvalue weighted by atomic mass is 35.5.